The van der Waals surface area contributed by atoms with E-state index >= 15 is 0 Å². The number of rotatable bonds is 6. The number of hydrogen-bond acceptors (Lipinski definition) is 3. The molecule has 0 saturated heterocycles. The molecule has 0 amide bonds. The van der Waals surface area contributed by atoms with Crippen LogP contribution in [0.15, 0.2) is 48.5 Å². The third-order valence-corrected chi connectivity index (χ3v) is 3.32. The van der Waals surface area contributed by atoms with Gasteiger partial charge in [-0.2, -0.15) is 0 Å². The van der Waals surface area contributed by atoms with Crippen molar-refractivity contribution in [2.75, 3.05) is 37.5 Å². The second-order valence-corrected chi connectivity index (χ2v) is 4.89. The maximum Gasteiger partial charge on any atom is 0.142 e. The largest absolute Gasteiger partial charge is 0.495 e. The van der Waals surface area contributed by atoms with Crippen LogP contribution in [0.3, 0.4) is 0 Å². The number of methoxy groups -OCH3 is 1. The van der Waals surface area contributed by atoms with E-state index < -0.39 is 0 Å². The summed E-state index contributed by atoms with van der Waals surface area (Å²) in [7, 11) is 3.78. The molecular formula is C17H22N2O. The minimum Gasteiger partial charge on any atom is -0.495 e. The van der Waals surface area contributed by atoms with Crippen LogP contribution in [0.2, 0.25) is 0 Å². The van der Waals surface area contributed by atoms with Gasteiger partial charge in [-0.25, -0.2) is 0 Å². The summed E-state index contributed by atoms with van der Waals surface area (Å²) in [6.07, 6.45) is 0. The van der Waals surface area contributed by atoms with Crippen LogP contribution in [-0.2, 0) is 0 Å². The number of anilines is 2. The van der Waals surface area contributed by atoms with Gasteiger partial charge in [0.25, 0.3) is 0 Å². The predicted octanol–water partition coefficient (Wildman–Crippen LogP) is 3.55. The second-order valence-electron chi connectivity index (χ2n) is 4.89. The van der Waals surface area contributed by atoms with Crippen LogP contribution in [0.4, 0.5) is 11.4 Å². The van der Waals surface area contributed by atoms with Crippen molar-refractivity contribution >= 4 is 11.4 Å². The van der Waals surface area contributed by atoms with Gasteiger partial charge in [-0.1, -0.05) is 29.8 Å². The first kappa shape index (κ1) is 14.3. The van der Waals surface area contributed by atoms with E-state index in [2.05, 4.69) is 54.5 Å². The summed E-state index contributed by atoms with van der Waals surface area (Å²) in [5.41, 5.74) is 3.55. The second kappa shape index (κ2) is 6.85. The third kappa shape index (κ3) is 3.67. The molecular weight excluding hydrogens is 248 g/mol. The van der Waals surface area contributed by atoms with Crippen LogP contribution < -0.4 is 15.0 Å². The molecule has 0 aromatic heterocycles. The Kier molecular flexibility index (Phi) is 4.88. The van der Waals surface area contributed by atoms with Crippen LogP contribution in [-0.4, -0.2) is 27.2 Å². The highest BCUT2D eigenvalue weighted by Crippen LogP contribution is 2.26. The maximum atomic E-state index is 5.38. The minimum atomic E-state index is 0.887. The molecule has 3 heteroatoms. The molecule has 0 aliphatic heterocycles. The number of aryl methyl sites for hydroxylation is 1. The van der Waals surface area contributed by atoms with Gasteiger partial charge in [-0.05, 0) is 31.2 Å². The lowest BCUT2D eigenvalue weighted by Crippen LogP contribution is -2.25. The molecule has 2 aromatic rings. The van der Waals surface area contributed by atoms with Gasteiger partial charge in [-0.15, -0.1) is 0 Å². The molecule has 0 aliphatic carbocycles. The molecule has 2 aromatic carbocycles. The van der Waals surface area contributed by atoms with Crippen molar-refractivity contribution in [2.24, 2.45) is 0 Å². The summed E-state index contributed by atoms with van der Waals surface area (Å²) in [6, 6.07) is 16.5. The van der Waals surface area contributed by atoms with Crippen LogP contribution in [0.5, 0.6) is 5.75 Å². The Balaban J connectivity index is 1.89. The molecule has 2 rings (SSSR count). The zero-order valence-corrected chi connectivity index (χ0v) is 12.4. The Morgan fingerprint density at radius 3 is 2.45 bits per heavy atom. The van der Waals surface area contributed by atoms with E-state index in [1.54, 1.807) is 7.11 Å². The summed E-state index contributed by atoms with van der Waals surface area (Å²) >= 11 is 0. The van der Waals surface area contributed by atoms with Gasteiger partial charge < -0.3 is 15.0 Å². The summed E-state index contributed by atoms with van der Waals surface area (Å²) in [5, 5.41) is 3.43. The Bertz CT molecular complexity index is 537. The lowest BCUT2D eigenvalue weighted by atomic mass is 10.2. The average molecular weight is 270 g/mol. The van der Waals surface area contributed by atoms with Crippen molar-refractivity contribution in [2.45, 2.75) is 6.92 Å². The minimum absolute atomic E-state index is 0.887. The number of nitrogens with zero attached hydrogens (tertiary/aromatic N) is 1. The standard InChI is InChI=1S/C17H22N2O/c1-14-8-10-15(11-9-14)18-12-13-19(2)16-6-4-5-7-17(16)20-3/h4-11,18H,12-13H2,1-3H3. The van der Waals surface area contributed by atoms with Gasteiger partial charge in [0, 0.05) is 25.8 Å². The number of hydrogen-bond donors (Lipinski definition) is 1. The molecule has 0 saturated carbocycles. The SMILES string of the molecule is COc1ccccc1N(C)CCNc1ccc(C)cc1. The Hall–Kier alpha value is -2.16. The van der Waals surface area contributed by atoms with Crippen molar-refractivity contribution in [3.05, 3.63) is 54.1 Å². The lowest BCUT2D eigenvalue weighted by Gasteiger charge is -2.22. The van der Waals surface area contributed by atoms with Gasteiger partial charge in [-0.3, -0.25) is 0 Å². The van der Waals surface area contributed by atoms with E-state index in [0.29, 0.717) is 0 Å². The van der Waals surface area contributed by atoms with Gasteiger partial charge in [0.1, 0.15) is 5.75 Å². The van der Waals surface area contributed by atoms with Crippen molar-refractivity contribution < 1.29 is 4.74 Å². The molecule has 0 spiro atoms. The fraction of sp³-hybridized carbons (Fsp3) is 0.294. The molecule has 0 unspecified atom stereocenters. The molecule has 3 nitrogen and oxygen atoms in total. The smallest absolute Gasteiger partial charge is 0.142 e. The number of benzene rings is 2. The Morgan fingerprint density at radius 2 is 1.75 bits per heavy atom. The van der Waals surface area contributed by atoms with Crippen molar-refractivity contribution in [3.63, 3.8) is 0 Å². The fourth-order valence-electron chi connectivity index (χ4n) is 2.10. The predicted molar refractivity (Wildman–Crippen MR) is 85.9 cm³/mol. The molecule has 20 heavy (non-hydrogen) atoms. The van der Waals surface area contributed by atoms with Crippen LogP contribution in [0, 0.1) is 6.92 Å². The third-order valence-electron chi connectivity index (χ3n) is 3.32. The summed E-state index contributed by atoms with van der Waals surface area (Å²) < 4.78 is 5.38. The number of likely N-dealkylation sites (N-methyl/N-ethyl adjacent to an activating group) is 1. The first-order valence-corrected chi connectivity index (χ1v) is 6.85. The van der Waals surface area contributed by atoms with E-state index in [1.807, 2.05) is 18.2 Å². The zero-order chi connectivity index (χ0) is 14.4. The van der Waals surface area contributed by atoms with Crippen LogP contribution in [0.1, 0.15) is 5.56 Å². The topological polar surface area (TPSA) is 24.5 Å². The summed E-state index contributed by atoms with van der Waals surface area (Å²) in [4.78, 5) is 2.19. The van der Waals surface area contributed by atoms with E-state index in [-0.39, 0.29) is 0 Å². The number of para-hydroxylation sites is 2. The lowest BCUT2D eigenvalue weighted by molar-refractivity contribution is 0.415. The first-order valence-electron chi connectivity index (χ1n) is 6.85. The molecule has 0 fully saturated rings. The maximum absolute atomic E-state index is 5.38. The van der Waals surface area contributed by atoms with Gasteiger partial charge in [0.2, 0.25) is 0 Å². The van der Waals surface area contributed by atoms with E-state index in [9.17, 15) is 0 Å². The summed E-state index contributed by atoms with van der Waals surface area (Å²) in [6.45, 7) is 3.89. The Labute approximate surface area is 121 Å². The van der Waals surface area contributed by atoms with E-state index in [0.717, 1.165) is 30.2 Å². The number of nitrogens with one attached hydrogen (secondary N) is 1. The molecule has 0 bridgehead atoms. The van der Waals surface area contributed by atoms with Gasteiger partial charge in [0.05, 0.1) is 12.8 Å². The summed E-state index contributed by atoms with van der Waals surface area (Å²) in [5.74, 6) is 0.908. The van der Waals surface area contributed by atoms with Crippen LogP contribution in [0.25, 0.3) is 0 Å². The highest BCUT2D eigenvalue weighted by Gasteiger charge is 2.06. The fourth-order valence-corrected chi connectivity index (χ4v) is 2.10. The molecule has 1 N–H and O–H groups in total. The van der Waals surface area contributed by atoms with Crippen molar-refractivity contribution in [3.8, 4) is 5.75 Å². The zero-order valence-electron chi connectivity index (χ0n) is 12.4. The molecule has 0 heterocycles. The quantitative estimate of drug-likeness (QED) is 0.868. The highest BCUT2D eigenvalue weighted by atomic mass is 16.5. The molecule has 0 aliphatic rings. The molecule has 0 radical (unpaired) electrons. The van der Waals surface area contributed by atoms with E-state index in [1.165, 1.54) is 5.56 Å². The highest BCUT2D eigenvalue weighted by molar-refractivity contribution is 5.58. The van der Waals surface area contributed by atoms with Crippen molar-refractivity contribution in [1.82, 2.24) is 0 Å². The Morgan fingerprint density at radius 1 is 1.05 bits per heavy atom. The average Bonchev–Trinajstić information content (AvgIpc) is 2.49. The van der Waals surface area contributed by atoms with E-state index in [4.69, 9.17) is 4.74 Å². The van der Waals surface area contributed by atoms with Crippen LogP contribution >= 0.6 is 0 Å². The van der Waals surface area contributed by atoms with Gasteiger partial charge >= 0.3 is 0 Å². The van der Waals surface area contributed by atoms with Crippen molar-refractivity contribution in [1.29, 1.82) is 0 Å². The normalized spacial score (nSPS) is 10.2. The van der Waals surface area contributed by atoms with Gasteiger partial charge in [0.15, 0.2) is 0 Å². The monoisotopic (exact) mass is 270 g/mol. The molecule has 106 valence electrons. The number of ether oxygens (including phenoxy) is 1. The molecule has 0 atom stereocenters. The first-order chi connectivity index (χ1) is 9.70.